The monoisotopic (exact) mass is 442 g/mol. The maximum atomic E-state index is 14.3. The number of Topliss-reactive ketones (excluding diaryl/α,β-unsaturated/α-hetero) is 1. The van der Waals surface area contributed by atoms with E-state index in [9.17, 15) is 9.18 Å². The van der Waals surface area contributed by atoms with Crippen molar-refractivity contribution >= 4 is 17.5 Å². The molecule has 0 saturated carbocycles. The van der Waals surface area contributed by atoms with E-state index in [2.05, 4.69) is 28.3 Å². The summed E-state index contributed by atoms with van der Waals surface area (Å²) in [4.78, 5) is 13.0. The Bertz CT molecular complexity index is 1090. The zero-order chi connectivity index (χ0) is 22.5. The summed E-state index contributed by atoms with van der Waals surface area (Å²) >= 11 is 1.29. The molecule has 1 aromatic carbocycles. The molecule has 2 heterocycles. The number of aromatic nitrogens is 4. The molecular formula is C23H27FN4O2S. The van der Waals surface area contributed by atoms with E-state index in [0.29, 0.717) is 35.3 Å². The maximum absolute atomic E-state index is 14.3. The Hall–Kier alpha value is -2.71. The number of benzene rings is 1. The zero-order valence-corrected chi connectivity index (χ0v) is 19.1. The average Bonchev–Trinajstić information content (AvgIpc) is 3.27. The number of halogens is 1. The average molecular weight is 443 g/mol. The first-order valence-corrected chi connectivity index (χ1v) is 11.0. The van der Waals surface area contributed by atoms with Gasteiger partial charge in [0.25, 0.3) is 0 Å². The number of rotatable bonds is 10. The number of ether oxygens (including phenoxy) is 1. The molecule has 0 aliphatic heterocycles. The number of carbonyl (C=O) groups is 1. The Morgan fingerprint density at radius 1 is 1.32 bits per heavy atom. The lowest BCUT2D eigenvalue weighted by Gasteiger charge is -2.17. The summed E-state index contributed by atoms with van der Waals surface area (Å²) in [5, 5.41) is 8.92. The quantitative estimate of drug-likeness (QED) is 0.255. The van der Waals surface area contributed by atoms with Crippen molar-refractivity contribution in [2.24, 2.45) is 0 Å². The van der Waals surface area contributed by atoms with Gasteiger partial charge in [0.15, 0.2) is 16.8 Å². The van der Waals surface area contributed by atoms with Crippen molar-refractivity contribution in [3.63, 3.8) is 0 Å². The molecule has 0 aliphatic rings. The smallest absolute Gasteiger partial charge is 0.192 e. The van der Waals surface area contributed by atoms with Crippen molar-refractivity contribution in [3.8, 4) is 11.4 Å². The summed E-state index contributed by atoms with van der Waals surface area (Å²) in [6.07, 6.45) is 1.70. The van der Waals surface area contributed by atoms with Gasteiger partial charge in [-0.1, -0.05) is 30.0 Å². The molecule has 3 rings (SSSR count). The molecule has 31 heavy (non-hydrogen) atoms. The van der Waals surface area contributed by atoms with E-state index in [0.717, 1.165) is 11.4 Å². The van der Waals surface area contributed by atoms with Crippen molar-refractivity contribution in [2.45, 2.75) is 38.5 Å². The predicted molar refractivity (Wildman–Crippen MR) is 121 cm³/mol. The van der Waals surface area contributed by atoms with Gasteiger partial charge in [0, 0.05) is 30.6 Å². The van der Waals surface area contributed by atoms with Crippen molar-refractivity contribution < 1.29 is 13.9 Å². The molecule has 1 unspecified atom stereocenters. The highest BCUT2D eigenvalue weighted by Crippen LogP contribution is 2.28. The van der Waals surface area contributed by atoms with E-state index in [-0.39, 0.29) is 23.4 Å². The van der Waals surface area contributed by atoms with Crippen LogP contribution in [0.4, 0.5) is 4.39 Å². The first kappa shape index (κ1) is 23.0. The molecule has 0 amide bonds. The summed E-state index contributed by atoms with van der Waals surface area (Å²) < 4.78 is 23.4. The predicted octanol–water partition coefficient (Wildman–Crippen LogP) is 4.87. The molecule has 0 N–H and O–H groups in total. The number of nitrogens with zero attached hydrogens (tertiary/aromatic N) is 4. The normalized spacial score (nSPS) is 12.2. The van der Waals surface area contributed by atoms with Crippen LogP contribution in [-0.4, -0.2) is 44.6 Å². The SMILES string of the molecule is C=CCn1c(SCC(=O)c2cc(C)n(C(C)COC)c2C)nnc1-c1ccccc1F. The van der Waals surface area contributed by atoms with Gasteiger partial charge in [0.05, 0.1) is 24.0 Å². The number of ketones is 1. The van der Waals surface area contributed by atoms with E-state index in [4.69, 9.17) is 4.74 Å². The molecule has 164 valence electrons. The lowest BCUT2D eigenvalue weighted by molar-refractivity contribution is 0.102. The third-order valence-electron chi connectivity index (χ3n) is 5.11. The Balaban J connectivity index is 1.82. The van der Waals surface area contributed by atoms with Gasteiger partial charge in [-0.05, 0) is 39.0 Å². The highest BCUT2D eigenvalue weighted by Gasteiger charge is 2.21. The summed E-state index contributed by atoms with van der Waals surface area (Å²) in [6.45, 7) is 10.8. The number of aryl methyl sites for hydroxylation is 1. The highest BCUT2D eigenvalue weighted by atomic mass is 32.2. The second-order valence-electron chi connectivity index (χ2n) is 7.36. The van der Waals surface area contributed by atoms with E-state index >= 15 is 0 Å². The molecule has 6 nitrogen and oxygen atoms in total. The van der Waals surface area contributed by atoms with Gasteiger partial charge in [0.2, 0.25) is 0 Å². The molecule has 0 spiro atoms. The van der Waals surface area contributed by atoms with Gasteiger partial charge in [-0.15, -0.1) is 16.8 Å². The van der Waals surface area contributed by atoms with Crippen LogP contribution in [0, 0.1) is 19.7 Å². The Labute approximate surface area is 186 Å². The van der Waals surface area contributed by atoms with Crippen molar-refractivity contribution in [3.05, 3.63) is 65.8 Å². The number of thioether (sulfide) groups is 1. The van der Waals surface area contributed by atoms with Crippen LogP contribution in [0.1, 0.15) is 34.7 Å². The summed E-state index contributed by atoms with van der Waals surface area (Å²) in [5.74, 6) is 0.259. The van der Waals surface area contributed by atoms with Crippen LogP contribution in [0.3, 0.4) is 0 Å². The van der Waals surface area contributed by atoms with E-state index in [1.54, 1.807) is 36.0 Å². The summed E-state index contributed by atoms with van der Waals surface area (Å²) in [6, 6.07) is 8.49. The first-order chi connectivity index (χ1) is 14.9. The Kier molecular flexibility index (Phi) is 7.46. The second kappa shape index (κ2) is 10.1. The second-order valence-corrected chi connectivity index (χ2v) is 8.30. The minimum Gasteiger partial charge on any atom is -0.383 e. The van der Waals surface area contributed by atoms with Crippen molar-refractivity contribution in [1.82, 2.24) is 19.3 Å². The van der Waals surface area contributed by atoms with Gasteiger partial charge in [-0.3, -0.25) is 9.36 Å². The largest absolute Gasteiger partial charge is 0.383 e. The minimum absolute atomic E-state index is 0.00885. The van der Waals surface area contributed by atoms with Gasteiger partial charge in [-0.2, -0.15) is 0 Å². The van der Waals surface area contributed by atoms with Gasteiger partial charge < -0.3 is 9.30 Å². The molecule has 0 saturated heterocycles. The Morgan fingerprint density at radius 2 is 2.06 bits per heavy atom. The molecule has 8 heteroatoms. The molecule has 0 aliphatic carbocycles. The van der Waals surface area contributed by atoms with Crippen LogP contribution in [-0.2, 0) is 11.3 Å². The summed E-state index contributed by atoms with van der Waals surface area (Å²) in [5.41, 5.74) is 3.00. The molecule has 0 radical (unpaired) electrons. The fourth-order valence-electron chi connectivity index (χ4n) is 3.79. The third-order valence-corrected chi connectivity index (χ3v) is 6.08. The van der Waals surface area contributed by atoms with E-state index in [1.165, 1.54) is 17.8 Å². The third kappa shape index (κ3) is 4.80. The standard InChI is InChI=1S/C23H27FN4O2S/c1-6-11-27-22(18-9-7-8-10-20(18)24)25-26-23(27)31-14-21(29)19-12-15(2)28(17(19)4)16(3)13-30-5/h6-10,12,16H,1,11,13-14H2,2-5H3. The van der Waals surface area contributed by atoms with Crippen LogP contribution < -0.4 is 0 Å². The lowest BCUT2D eigenvalue weighted by Crippen LogP contribution is -2.15. The van der Waals surface area contributed by atoms with Gasteiger partial charge in [0.1, 0.15) is 5.82 Å². The lowest BCUT2D eigenvalue weighted by atomic mass is 10.2. The Morgan fingerprint density at radius 3 is 2.74 bits per heavy atom. The molecule has 0 fully saturated rings. The van der Waals surface area contributed by atoms with Crippen LogP contribution in [0.15, 0.2) is 48.1 Å². The first-order valence-electron chi connectivity index (χ1n) is 10.0. The fourth-order valence-corrected chi connectivity index (χ4v) is 4.62. The summed E-state index contributed by atoms with van der Waals surface area (Å²) in [7, 11) is 1.67. The minimum atomic E-state index is -0.370. The van der Waals surface area contributed by atoms with Gasteiger partial charge >= 0.3 is 0 Å². The number of allylic oxidation sites excluding steroid dienone is 1. The zero-order valence-electron chi connectivity index (χ0n) is 18.3. The topological polar surface area (TPSA) is 61.9 Å². The number of hydrogen-bond donors (Lipinski definition) is 0. The maximum Gasteiger partial charge on any atom is 0.192 e. The number of hydrogen-bond acceptors (Lipinski definition) is 5. The van der Waals surface area contributed by atoms with Crippen LogP contribution in [0.25, 0.3) is 11.4 Å². The van der Waals surface area contributed by atoms with Gasteiger partial charge in [-0.25, -0.2) is 4.39 Å². The van der Waals surface area contributed by atoms with Crippen LogP contribution >= 0.6 is 11.8 Å². The van der Waals surface area contributed by atoms with E-state index in [1.807, 2.05) is 19.9 Å². The molecule has 0 bridgehead atoms. The van der Waals surface area contributed by atoms with Crippen molar-refractivity contribution in [1.29, 1.82) is 0 Å². The van der Waals surface area contributed by atoms with E-state index < -0.39 is 0 Å². The molecular weight excluding hydrogens is 415 g/mol. The van der Waals surface area contributed by atoms with Crippen LogP contribution in [0.5, 0.6) is 0 Å². The fraction of sp³-hybridized carbons (Fsp3) is 0.348. The molecule has 1 atom stereocenters. The highest BCUT2D eigenvalue weighted by molar-refractivity contribution is 7.99. The van der Waals surface area contributed by atoms with Crippen LogP contribution in [0.2, 0.25) is 0 Å². The van der Waals surface area contributed by atoms with Crippen molar-refractivity contribution in [2.75, 3.05) is 19.5 Å². The molecule has 2 aromatic heterocycles. The number of carbonyl (C=O) groups excluding carboxylic acids is 1. The molecule has 3 aromatic rings. The number of methoxy groups -OCH3 is 1.